The lowest BCUT2D eigenvalue weighted by Crippen LogP contribution is -2.51. The molecule has 160 valence electrons. The van der Waals surface area contributed by atoms with Crippen molar-refractivity contribution in [3.8, 4) is 0 Å². The average Bonchev–Trinajstić information content (AvgIpc) is 3.25. The fourth-order valence-electron chi connectivity index (χ4n) is 4.56. The molecule has 8 heteroatoms. The Morgan fingerprint density at radius 3 is 2.66 bits per heavy atom. The topological polar surface area (TPSA) is 96.3 Å². The molecule has 2 fully saturated rings. The summed E-state index contributed by atoms with van der Waals surface area (Å²) in [5, 5.41) is 5.75. The van der Waals surface area contributed by atoms with Crippen LogP contribution in [0.2, 0.25) is 0 Å². The van der Waals surface area contributed by atoms with Crippen LogP contribution in [0.25, 0.3) is 0 Å². The molecule has 0 bridgehead atoms. The van der Waals surface area contributed by atoms with E-state index >= 15 is 0 Å². The Labute approximate surface area is 172 Å². The summed E-state index contributed by atoms with van der Waals surface area (Å²) in [5.41, 5.74) is -0.599. The molecule has 1 aliphatic heterocycles. The molecule has 8 nitrogen and oxygen atoms in total. The van der Waals surface area contributed by atoms with Crippen LogP contribution in [0.4, 0.5) is 4.79 Å². The Bertz CT molecular complexity index is 750. The Hall–Kier alpha value is -2.38. The predicted molar refractivity (Wildman–Crippen MR) is 109 cm³/mol. The number of amides is 4. The highest BCUT2D eigenvalue weighted by Gasteiger charge is 2.53. The maximum Gasteiger partial charge on any atom is 0.325 e. The summed E-state index contributed by atoms with van der Waals surface area (Å²) >= 11 is 0. The SMILES string of the molecule is CCC(C)(C)C1CCC2(CC1)NC(=O)N(CC(=O)NC(C)Cn1ccnc1)C2=O. The molecule has 1 unspecified atom stereocenters. The molecule has 1 saturated heterocycles. The first-order valence-electron chi connectivity index (χ1n) is 10.6. The summed E-state index contributed by atoms with van der Waals surface area (Å²) < 4.78 is 1.86. The van der Waals surface area contributed by atoms with Crippen molar-refractivity contribution >= 4 is 17.8 Å². The van der Waals surface area contributed by atoms with Gasteiger partial charge in [0.2, 0.25) is 5.91 Å². The summed E-state index contributed by atoms with van der Waals surface area (Å²) in [6, 6.07) is -0.598. The van der Waals surface area contributed by atoms with Crippen LogP contribution < -0.4 is 10.6 Å². The molecule has 2 aliphatic rings. The summed E-state index contributed by atoms with van der Waals surface area (Å²) in [6.45, 7) is 8.94. The third kappa shape index (κ3) is 4.46. The molecular weight excluding hydrogens is 370 g/mol. The summed E-state index contributed by atoms with van der Waals surface area (Å²) in [4.78, 5) is 43.0. The highest BCUT2D eigenvalue weighted by molar-refractivity contribution is 6.09. The number of imidazole rings is 1. The molecule has 1 aromatic rings. The molecule has 1 aromatic heterocycles. The van der Waals surface area contributed by atoms with Gasteiger partial charge in [0, 0.05) is 25.0 Å². The first kappa shape index (κ1) is 21.3. The number of hydrogen-bond donors (Lipinski definition) is 2. The number of rotatable bonds is 7. The van der Waals surface area contributed by atoms with Gasteiger partial charge in [-0.25, -0.2) is 9.78 Å². The van der Waals surface area contributed by atoms with Gasteiger partial charge in [-0.15, -0.1) is 0 Å². The van der Waals surface area contributed by atoms with E-state index in [1.807, 2.05) is 17.7 Å². The summed E-state index contributed by atoms with van der Waals surface area (Å²) in [5.74, 6) is -0.0455. The normalized spacial score (nSPS) is 25.9. The Morgan fingerprint density at radius 1 is 1.38 bits per heavy atom. The number of nitrogens with zero attached hydrogens (tertiary/aromatic N) is 3. The Balaban J connectivity index is 1.56. The van der Waals surface area contributed by atoms with Gasteiger partial charge in [0.15, 0.2) is 0 Å². The lowest BCUT2D eigenvalue weighted by molar-refractivity contribution is -0.136. The van der Waals surface area contributed by atoms with E-state index in [0.29, 0.717) is 25.3 Å². The van der Waals surface area contributed by atoms with Crippen molar-refractivity contribution in [3.63, 3.8) is 0 Å². The largest absolute Gasteiger partial charge is 0.350 e. The fraction of sp³-hybridized carbons (Fsp3) is 0.714. The van der Waals surface area contributed by atoms with Crippen LogP contribution in [0.1, 0.15) is 59.8 Å². The number of nitrogens with one attached hydrogen (secondary N) is 2. The predicted octanol–water partition coefficient (Wildman–Crippen LogP) is 2.30. The van der Waals surface area contributed by atoms with Crippen molar-refractivity contribution in [3.05, 3.63) is 18.7 Å². The molecule has 4 amide bonds. The van der Waals surface area contributed by atoms with Crippen molar-refractivity contribution < 1.29 is 14.4 Å². The third-order valence-electron chi connectivity index (χ3n) is 6.85. The summed E-state index contributed by atoms with van der Waals surface area (Å²) in [7, 11) is 0. The zero-order valence-electron chi connectivity index (χ0n) is 17.9. The minimum absolute atomic E-state index is 0.141. The monoisotopic (exact) mass is 403 g/mol. The van der Waals surface area contributed by atoms with Crippen LogP contribution in [-0.4, -0.2) is 50.4 Å². The molecule has 3 rings (SSSR count). The van der Waals surface area contributed by atoms with Gasteiger partial charge in [0.25, 0.3) is 5.91 Å². The first-order valence-corrected chi connectivity index (χ1v) is 10.6. The average molecular weight is 404 g/mol. The molecule has 29 heavy (non-hydrogen) atoms. The Kier molecular flexibility index (Phi) is 6.00. The molecule has 2 heterocycles. The van der Waals surface area contributed by atoms with Crippen LogP contribution in [0.15, 0.2) is 18.7 Å². The quantitative estimate of drug-likeness (QED) is 0.683. The van der Waals surface area contributed by atoms with Crippen LogP contribution in [0.3, 0.4) is 0 Å². The molecule has 0 aromatic carbocycles. The van der Waals surface area contributed by atoms with Crippen LogP contribution in [0.5, 0.6) is 0 Å². The Morgan fingerprint density at radius 2 is 2.07 bits per heavy atom. The molecular formula is C21H33N5O3. The van der Waals surface area contributed by atoms with Gasteiger partial charge in [-0.2, -0.15) is 0 Å². The van der Waals surface area contributed by atoms with E-state index in [-0.39, 0.29) is 29.8 Å². The fourth-order valence-corrected chi connectivity index (χ4v) is 4.56. The van der Waals surface area contributed by atoms with Gasteiger partial charge < -0.3 is 15.2 Å². The van der Waals surface area contributed by atoms with Gasteiger partial charge in [0.05, 0.1) is 6.33 Å². The molecule has 0 radical (unpaired) electrons. The second kappa shape index (κ2) is 8.16. The van der Waals surface area contributed by atoms with Gasteiger partial charge >= 0.3 is 6.03 Å². The first-order chi connectivity index (χ1) is 13.7. The van der Waals surface area contributed by atoms with Gasteiger partial charge in [0.1, 0.15) is 12.1 Å². The van der Waals surface area contributed by atoms with Crippen LogP contribution >= 0.6 is 0 Å². The maximum absolute atomic E-state index is 13.0. The standard InChI is InChI=1S/C21H33N5O3/c1-5-20(3,4)16-6-8-21(9-7-16)18(28)26(19(29)24-21)13-17(27)23-15(2)12-25-11-10-22-14-25/h10-11,14-16H,5-9,12-13H2,1-4H3,(H,23,27)(H,24,29). The maximum atomic E-state index is 13.0. The van der Waals surface area contributed by atoms with Crippen molar-refractivity contribution in [2.75, 3.05) is 6.54 Å². The van der Waals surface area contributed by atoms with Crippen molar-refractivity contribution in [1.29, 1.82) is 0 Å². The number of imide groups is 1. The van der Waals surface area contributed by atoms with Crippen molar-refractivity contribution in [2.24, 2.45) is 11.3 Å². The van der Waals surface area contributed by atoms with E-state index in [1.54, 1.807) is 12.5 Å². The second-order valence-electron chi connectivity index (χ2n) is 9.25. The number of hydrogen-bond acceptors (Lipinski definition) is 4. The van der Waals surface area contributed by atoms with E-state index in [9.17, 15) is 14.4 Å². The van der Waals surface area contributed by atoms with Gasteiger partial charge in [-0.3, -0.25) is 14.5 Å². The number of carbonyl (C=O) groups is 3. The number of carbonyl (C=O) groups excluding carboxylic acids is 3. The molecule has 1 atom stereocenters. The number of urea groups is 1. The van der Waals surface area contributed by atoms with E-state index < -0.39 is 11.6 Å². The molecule has 1 spiro atoms. The minimum atomic E-state index is -0.833. The molecule has 2 N–H and O–H groups in total. The summed E-state index contributed by atoms with van der Waals surface area (Å²) in [6.07, 6.45) is 9.37. The van der Waals surface area contributed by atoms with Crippen molar-refractivity contribution in [1.82, 2.24) is 25.1 Å². The number of aromatic nitrogens is 2. The lowest BCUT2D eigenvalue weighted by Gasteiger charge is -2.42. The second-order valence-corrected chi connectivity index (χ2v) is 9.25. The highest BCUT2D eigenvalue weighted by Crippen LogP contribution is 2.45. The zero-order valence-corrected chi connectivity index (χ0v) is 17.9. The van der Waals surface area contributed by atoms with E-state index in [2.05, 4.69) is 36.4 Å². The molecule has 1 aliphatic carbocycles. The van der Waals surface area contributed by atoms with Crippen LogP contribution in [-0.2, 0) is 16.1 Å². The van der Waals surface area contributed by atoms with E-state index in [4.69, 9.17) is 0 Å². The highest BCUT2D eigenvalue weighted by atomic mass is 16.2. The molecule has 1 saturated carbocycles. The smallest absolute Gasteiger partial charge is 0.325 e. The van der Waals surface area contributed by atoms with E-state index in [1.165, 1.54) is 0 Å². The minimum Gasteiger partial charge on any atom is -0.350 e. The lowest BCUT2D eigenvalue weighted by atomic mass is 9.65. The van der Waals surface area contributed by atoms with Gasteiger partial charge in [-0.1, -0.05) is 27.2 Å². The van der Waals surface area contributed by atoms with Gasteiger partial charge in [-0.05, 0) is 43.9 Å². The van der Waals surface area contributed by atoms with Crippen LogP contribution in [0, 0.1) is 11.3 Å². The van der Waals surface area contributed by atoms with E-state index in [0.717, 1.165) is 24.2 Å². The third-order valence-corrected chi connectivity index (χ3v) is 6.85. The van der Waals surface area contributed by atoms with Crippen molar-refractivity contribution in [2.45, 2.75) is 77.9 Å². The zero-order chi connectivity index (χ0) is 21.2.